The molecule has 0 aliphatic heterocycles. The number of hydrogen-bond acceptors (Lipinski definition) is 3. The third-order valence-electron chi connectivity index (χ3n) is 2.71. The summed E-state index contributed by atoms with van der Waals surface area (Å²) in [7, 11) is 0. The van der Waals surface area contributed by atoms with E-state index in [0.29, 0.717) is 11.6 Å². The number of nitrogens with one attached hydrogen (secondary N) is 3. The van der Waals surface area contributed by atoms with Gasteiger partial charge in [-0.15, -0.1) is 0 Å². The van der Waals surface area contributed by atoms with Crippen LogP contribution in [0.25, 0.3) is 10.9 Å². The Balaban J connectivity index is 1.77. The number of H-pyrrole nitrogens is 1. The Bertz CT molecular complexity index is 729. The second kappa shape index (κ2) is 4.49. The standard InChI is InChI=1S/C13H12N4O2/c1-8-7-12(17-19-8)16-13(18)15-11-4-2-3-10-9(11)5-6-14-10/h2-7,14H,1H3,(H2,15,16,17,18). The number of amides is 2. The van der Waals surface area contributed by atoms with Gasteiger partial charge < -0.3 is 14.8 Å². The van der Waals surface area contributed by atoms with Gasteiger partial charge in [-0.05, 0) is 25.1 Å². The van der Waals surface area contributed by atoms with E-state index in [9.17, 15) is 4.79 Å². The van der Waals surface area contributed by atoms with E-state index in [1.54, 1.807) is 13.0 Å². The van der Waals surface area contributed by atoms with E-state index in [0.717, 1.165) is 16.6 Å². The maximum Gasteiger partial charge on any atom is 0.324 e. The molecule has 96 valence electrons. The van der Waals surface area contributed by atoms with Crippen LogP contribution in [0, 0.1) is 6.92 Å². The predicted molar refractivity (Wildman–Crippen MR) is 72.2 cm³/mol. The van der Waals surface area contributed by atoms with Crippen LogP contribution < -0.4 is 10.6 Å². The molecule has 0 aliphatic rings. The highest BCUT2D eigenvalue weighted by Crippen LogP contribution is 2.22. The lowest BCUT2D eigenvalue weighted by Gasteiger charge is -2.06. The van der Waals surface area contributed by atoms with Crippen LogP contribution >= 0.6 is 0 Å². The number of urea groups is 1. The van der Waals surface area contributed by atoms with Crippen molar-refractivity contribution in [2.45, 2.75) is 6.92 Å². The Kier molecular flexibility index (Phi) is 2.68. The topological polar surface area (TPSA) is 83.0 Å². The molecule has 19 heavy (non-hydrogen) atoms. The molecule has 6 heteroatoms. The van der Waals surface area contributed by atoms with E-state index in [1.807, 2.05) is 30.5 Å². The number of aryl methyl sites for hydroxylation is 1. The Morgan fingerprint density at radius 1 is 1.32 bits per heavy atom. The van der Waals surface area contributed by atoms with Gasteiger partial charge in [0.15, 0.2) is 5.82 Å². The van der Waals surface area contributed by atoms with Crippen LogP contribution in [0.4, 0.5) is 16.3 Å². The molecular weight excluding hydrogens is 244 g/mol. The summed E-state index contributed by atoms with van der Waals surface area (Å²) in [6.07, 6.45) is 1.83. The summed E-state index contributed by atoms with van der Waals surface area (Å²) in [5.74, 6) is 1.03. The minimum Gasteiger partial charge on any atom is -0.361 e. The molecule has 2 heterocycles. The van der Waals surface area contributed by atoms with Crippen molar-refractivity contribution in [3.05, 3.63) is 42.3 Å². The molecule has 0 radical (unpaired) electrons. The Hall–Kier alpha value is -2.76. The lowest BCUT2D eigenvalue weighted by atomic mass is 10.2. The second-order valence-corrected chi connectivity index (χ2v) is 4.15. The summed E-state index contributed by atoms with van der Waals surface area (Å²) in [6.45, 7) is 1.76. The Morgan fingerprint density at radius 2 is 2.21 bits per heavy atom. The molecule has 3 rings (SSSR count). The van der Waals surface area contributed by atoms with Gasteiger partial charge in [-0.3, -0.25) is 5.32 Å². The molecule has 0 saturated carbocycles. The summed E-state index contributed by atoms with van der Waals surface area (Å²) in [5, 5.41) is 10.0. The van der Waals surface area contributed by atoms with Crippen LogP contribution in [0.2, 0.25) is 0 Å². The highest BCUT2D eigenvalue weighted by atomic mass is 16.5. The predicted octanol–water partition coefficient (Wildman–Crippen LogP) is 3.11. The van der Waals surface area contributed by atoms with Gasteiger partial charge in [-0.1, -0.05) is 11.2 Å². The summed E-state index contributed by atoms with van der Waals surface area (Å²) < 4.78 is 4.88. The molecule has 0 bridgehead atoms. The van der Waals surface area contributed by atoms with Crippen molar-refractivity contribution in [1.29, 1.82) is 0 Å². The molecule has 0 spiro atoms. The van der Waals surface area contributed by atoms with Crippen LogP contribution in [0.1, 0.15) is 5.76 Å². The van der Waals surface area contributed by atoms with Crippen molar-refractivity contribution >= 4 is 28.4 Å². The van der Waals surface area contributed by atoms with Crippen molar-refractivity contribution < 1.29 is 9.32 Å². The lowest BCUT2D eigenvalue weighted by Crippen LogP contribution is -2.19. The fourth-order valence-electron chi connectivity index (χ4n) is 1.89. The zero-order valence-corrected chi connectivity index (χ0v) is 10.2. The number of nitrogens with zero attached hydrogens (tertiary/aromatic N) is 1. The highest BCUT2D eigenvalue weighted by molar-refractivity contribution is 6.05. The molecule has 2 aromatic heterocycles. The van der Waals surface area contributed by atoms with E-state index in [2.05, 4.69) is 20.8 Å². The number of hydrogen-bond donors (Lipinski definition) is 3. The fraction of sp³-hybridized carbons (Fsp3) is 0.0769. The molecule has 0 aliphatic carbocycles. The molecule has 0 fully saturated rings. The van der Waals surface area contributed by atoms with Crippen LogP contribution in [0.3, 0.4) is 0 Å². The Morgan fingerprint density at radius 3 is 3.00 bits per heavy atom. The van der Waals surface area contributed by atoms with Gasteiger partial charge in [0.1, 0.15) is 5.76 Å². The van der Waals surface area contributed by atoms with Gasteiger partial charge in [-0.2, -0.15) is 0 Å². The van der Waals surface area contributed by atoms with Crippen molar-refractivity contribution in [1.82, 2.24) is 10.1 Å². The molecule has 0 atom stereocenters. The summed E-state index contributed by atoms with van der Waals surface area (Å²) in [6, 6.07) is 8.85. The first kappa shape index (κ1) is 11.3. The number of rotatable bonds is 2. The van der Waals surface area contributed by atoms with Gasteiger partial charge in [0.2, 0.25) is 0 Å². The van der Waals surface area contributed by atoms with E-state index in [1.165, 1.54) is 0 Å². The number of anilines is 2. The third kappa shape index (κ3) is 2.28. The fourth-order valence-corrected chi connectivity index (χ4v) is 1.89. The van der Waals surface area contributed by atoms with Gasteiger partial charge >= 0.3 is 6.03 Å². The monoisotopic (exact) mass is 256 g/mol. The van der Waals surface area contributed by atoms with Crippen molar-refractivity contribution in [3.8, 4) is 0 Å². The molecule has 3 aromatic rings. The normalized spacial score (nSPS) is 10.6. The number of carbonyl (C=O) groups excluding carboxylic acids is 1. The average molecular weight is 256 g/mol. The number of aromatic nitrogens is 2. The maximum absolute atomic E-state index is 11.8. The third-order valence-corrected chi connectivity index (χ3v) is 2.71. The van der Waals surface area contributed by atoms with E-state index in [-0.39, 0.29) is 6.03 Å². The first-order chi connectivity index (χ1) is 9.22. The van der Waals surface area contributed by atoms with Gasteiger partial charge in [0.05, 0.1) is 5.69 Å². The summed E-state index contributed by atoms with van der Waals surface area (Å²) >= 11 is 0. The zero-order valence-electron chi connectivity index (χ0n) is 10.2. The first-order valence-electron chi connectivity index (χ1n) is 5.80. The van der Waals surface area contributed by atoms with Gasteiger partial charge in [0.25, 0.3) is 0 Å². The minimum absolute atomic E-state index is 0.359. The Labute approximate surface area is 108 Å². The van der Waals surface area contributed by atoms with E-state index in [4.69, 9.17) is 4.52 Å². The smallest absolute Gasteiger partial charge is 0.324 e. The number of carbonyl (C=O) groups is 1. The molecule has 6 nitrogen and oxygen atoms in total. The van der Waals surface area contributed by atoms with E-state index >= 15 is 0 Å². The number of aromatic amines is 1. The number of fused-ring (bicyclic) bond motifs is 1. The van der Waals surface area contributed by atoms with Crippen LogP contribution in [0.15, 0.2) is 41.1 Å². The molecule has 2 amide bonds. The highest BCUT2D eigenvalue weighted by Gasteiger charge is 2.08. The maximum atomic E-state index is 11.8. The zero-order chi connectivity index (χ0) is 13.2. The molecule has 0 saturated heterocycles. The van der Waals surface area contributed by atoms with Crippen LogP contribution in [-0.2, 0) is 0 Å². The van der Waals surface area contributed by atoms with E-state index < -0.39 is 0 Å². The molecule has 1 aromatic carbocycles. The van der Waals surface area contributed by atoms with Gasteiger partial charge in [0, 0.05) is 23.2 Å². The number of benzene rings is 1. The van der Waals surface area contributed by atoms with Crippen molar-refractivity contribution in [2.24, 2.45) is 0 Å². The van der Waals surface area contributed by atoms with Crippen molar-refractivity contribution in [3.63, 3.8) is 0 Å². The quantitative estimate of drug-likeness (QED) is 0.658. The van der Waals surface area contributed by atoms with Crippen molar-refractivity contribution in [2.75, 3.05) is 10.6 Å². The van der Waals surface area contributed by atoms with Crippen LogP contribution in [-0.4, -0.2) is 16.2 Å². The summed E-state index contributed by atoms with van der Waals surface area (Å²) in [4.78, 5) is 14.9. The van der Waals surface area contributed by atoms with Gasteiger partial charge in [-0.25, -0.2) is 4.79 Å². The second-order valence-electron chi connectivity index (χ2n) is 4.15. The first-order valence-corrected chi connectivity index (χ1v) is 5.80. The molecule has 3 N–H and O–H groups in total. The lowest BCUT2D eigenvalue weighted by molar-refractivity contribution is 0.262. The SMILES string of the molecule is Cc1cc(NC(=O)Nc2cccc3[nH]ccc23)no1. The minimum atomic E-state index is -0.359. The molecular formula is C13H12N4O2. The molecule has 0 unspecified atom stereocenters. The average Bonchev–Trinajstić information content (AvgIpc) is 2.98. The summed E-state index contributed by atoms with van der Waals surface area (Å²) in [5.41, 5.74) is 1.70. The van der Waals surface area contributed by atoms with Crippen LogP contribution in [0.5, 0.6) is 0 Å². The largest absolute Gasteiger partial charge is 0.361 e.